The number of allylic oxidation sites excluding steroid dienone is 1. The highest BCUT2D eigenvalue weighted by molar-refractivity contribution is 5.82. The van der Waals surface area contributed by atoms with Gasteiger partial charge in [0.1, 0.15) is 18.0 Å². The van der Waals surface area contributed by atoms with Gasteiger partial charge in [-0.25, -0.2) is 9.59 Å². The van der Waals surface area contributed by atoms with E-state index in [4.69, 9.17) is 9.84 Å². The van der Waals surface area contributed by atoms with E-state index in [9.17, 15) is 9.59 Å². The Bertz CT molecular complexity index is 478. The summed E-state index contributed by atoms with van der Waals surface area (Å²) in [6.45, 7) is 1.55. The van der Waals surface area contributed by atoms with E-state index in [1.165, 1.54) is 37.5 Å². The SMILES string of the molecule is COC(=O)C=C(C)NCC(=O)Oc1ccc(O)cc1. The van der Waals surface area contributed by atoms with E-state index < -0.39 is 11.9 Å². The molecule has 0 heterocycles. The van der Waals surface area contributed by atoms with E-state index in [1.807, 2.05) is 0 Å². The summed E-state index contributed by atoms with van der Waals surface area (Å²) >= 11 is 0. The van der Waals surface area contributed by atoms with Crippen molar-refractivity contribution < 1.29 is 24.2 Å². The molecule has 0 aliphatic rings. The lowest BCUT2D eigenvalue weighted by Gasteiger charge is -2.07. The van der Waals surface area contributed by atoms with Gasteiger partial charge in [-0.05, 0) is 31.2 Å². The number of ether oxygens (including phenoxy) is 2. The molecule has 1 aromatic carbocycles. The Morgan fingerprint density at radius 3 is 2.53 bits per heavy atom. The molecule has 0 atom stereocenters. The number of phenols is 1. The first-order chi connectivity index (χ1) is 9.01. The van der Waals surface area contributed by atoms with Gasteiger partial charge < -0.3 is 19.9 Å². The maximum Gasteiger partial charge on any atom is 0.332 e. The summed E-state index contributed by atoms with van der Waals surface area (Å²) in [5.41, 5.74) is 0.495. The Kier molecular flexibility index (Phi) is 5.40. The standard InChI is InChI=1S/C13H15NO5/c1-9(7-12(16)18-2)14-8-13(17)19-11-5-3-10(15)4-6-11/h3-7,14-15H,8H2,1-2H3. The number of methoxy groups -OCH3 is 1. The molecule has 6 heteroatoms. The molecule has 0 amide bonds. The average molecular weight is 265 g/mol. The first-order valence-corrected chi connectivity index (χ1v) is 5.51. The van der Waals surface area contributed by atoms with Crippen molar-refractivity contribution in [2.24, 2.45) is 0 Å². The molecule has 1 rings (SSSR count). The van der Waals surface area contributed by atoms with Crippen LogP contribution in [0.5, 0.6) is 11.5 Å². The van der Waals surface area contributed by atoms with Gasteiger partial charge in [-0.2, -0.15) is 0 Å². The number of esters is 2. The maximum absolute atomic E-state index is 11.5. The topological polar surface area (TPSA) is 84.9 Å². The Morgan fingerprint density at radius 1 is 1.32 bits per heavy atom. The Hall–Kier alpha value is -2.50. The largest absolute Gasteiger partial charge is 0.508 e. The minimum absolute atomic E-state index is 0.0831. The second kappa shape index (κ2) is 7.05. The lowest BCUT2D eigenvalue weighted by Crippen LogP contribution is -2.25. The molecule has 0 spiro atoms. The van der Waals surface area contributed by atoms with Crippen LogP contribution in [0.2, 0.25) is 0 Å². The van der Waals surface area contributed by atoms with E-state index in [0.717, 1.165) is 0 Å². The summed E-state index contributed by atoms with van der Waals surface area (Å²) in [5.74, 6) is -0.589. The van der Waals surface area contributed by atoms with Crippen molar-refractivity contribution in [3.8, 4) is 11.5 Å². The molecule has 0 unspecified atom stereocenters. The van der Waals surface area contributed by atoms with Crippen LogP contribution < -0.4 is 10.1 Å². The van der Waals surface area contributed by atoms with E-state index in [-0.39, 0.29) is 12.3 Å². The van der Waals surface area contributed by atoms with E-state index >= 15 is 0 Å². The van der Waals surface area contributed by atoms with Crippen LogP contribution in [-0.2, 0) is 14.3 Å². The fourth-order valence-electron chi connectivity index (χ4n) is 1.18. The summed E-state index contributed by atoms with van der Waals surface area (Å²) in [7, 11) is 1.27. The lowest BCUT2D eigenvalue weighted by atomic mass is 10.3. The molecule has 0 saturated heterocycles. The molecule has 0 radical (unpaired) electrons. The second-order valence-corrected chi connectivity index (χ2v) is 3.67. The monoisotopic (exact) mass is 265 g/mol. The van der Waals surface area contributed by atoms with Gasteiger partial charge in [-0.15, -0.1) is 0 Å². The quantitative estimate of drug-likeness (QED) is 0.468. The smallest absolute Gasteiger partial charge is 0.332 e. The molecule has 102 valence electrons. The number of hydrogen-bond acceptors (Lipinski definition) is 6. The maximum atomic E-state index is 11.5. The molecule has 0 aromatic heterocycles. The van der Waals surface area contributed by atoms with Gasteiger partial charge in [0.05, 0.1) is 7.11 Å². The van der Waals surface area contributed by atoms with Gasteiger partial charge in [0, 0.05) is 11.8 Å². The molecular formula is C13H15NO5. The van der Waals surface area contributed by atoms with Crippen molar-refractivity contribution in [1.29, 1.82) is 0 Å². The molecular weight excluding hydrogens is 250 g/mol. The van der Waals surface area contributed by atoms with Crippen molar-refractivity contribution in [3.63, 3.8) is 0 Å². The zero-order chi connectivity index (χ0) is 14.3. The summed E-state index contributed by atoms with van der Waals surface area (Å²) in [6.07, 6.45) is 1.23. The Morgan fingerprint density at radius 2 is 1.95 bits per heavy atom. The molecule has 2 N–H and O–H groups in total. The third-order valence-corrected chi connectivity index (χ3v) is 2.12. The third kappa shape index (κ3) is 5.58. The molecule has 0 saturated carbocycles. The van der Waals surface area contributed by atoms with Crippen LogP contribution in [0.15, 0.2) is 36.0 Å². The highest BCUT2D eigenvalue weighted by Crippen LogP contribution is 2.15. The number of benzene rings is 1. The van der Waals surface area contributed by atoms with Crippen molar-refractivity contribution >= 4 is 11.9 Å². The van der Waals surface area contributed by atoms with Gasteiger partial charge in [-0.1, -0.05) is 0 Å². The number of nitrogens with one attached hydrogen (secondary N) is 1. The highest BCUT2D eigenvalue weighted by Gasteiger charge is 2.05. The normalized spacial score (nSPS) is 10.7. The van der Waals surface area contributed by atoms with Crippen LogP contribution in [0.4, 0.5) is 0 Å². The summed E-state index contributed by atoms with van der Waals surface area (Å²) < 4.78 is 9.43. The summed E-state index contributed by atoms with van der Waals surface area (Å²) in [6, 6.07) is 5.78. The van der Waals surface area contributed by atoms with Crippen molar-refractivity contribution in [1.82, 2.24) is 5.32 Å². The van der Waals surface area contributed by atoms with E-state index in [2.05, 4.69) is 10.1 Å². The highest BCUT2D eigenvalue weighted by atomic mass is 16.5. The minimum atomic E-state index is -0.511. The minimum Gasteiger partial charge on any atom is -0.508 e. The average Bonchev–Trinajstić information content (AvgIpc) is 2.39. The second-order valence-electron chi connectivity index (χ2n) is 3.67. The zero-order valence-corrected chi connectivity index (χ0v) is 10.7. The van der Waals surface area contributed by atoms with Crippen LogP contribution in [0, 0.1) is 0 Å². The van der Waals surface area contributed by atoms with Crippen LogP contribution in [-0.4, -0.2) is 30.7 Å². The molecule has 19 heavy (non-hydrogen) atoms. The first-order valence-electron chi connectivity index (χ1n) is 5.51. The van der Waals surface area contributed by atoms with Crippen LogP contribution >= 0.6 is 0 Å². The van der Waals surface area contributed by atoms with Crippen molar-refractivity contribution in [3.05, 3.63) is 36.0 Å². The number of carbonyl (C=O) groups is 2. The zero-order valence-electron chi connectivity index (χ0n) is 10.7. The van der Waals surface area contributed by atoms with Gasteiger partial charge in [0.15, 0.2) is 0 Å². The van der Waals surface area contributed by atoms with E-state index in [0.29, 0.717) is 11.4 Å². The molecule has 0 fully saturated rings. The van der Waals surface area contributed by atoms with Gasteiger partial charge in [0.2, 0.25) is 0 Å². The fourth-order valence-corrected chi connectivity index (χ4v) is 1.18. The predicted octanol–water partition coefficient (Wildman–Crippen LogP) is 0.964. The van der Waals surface area contributed by atoms with Crippen molar-refractivity contribution in [2.75, 3.05) is 13.7 Å². The predicted molar refractivity (Wildman–Crippen MR) is 67.5 cm³/mol. The van der Waals surface area contributed by atoms with Crippen molar-refractivity contribution in [2.45, 2.75) is 6.92 Å². The molecule has 1 aromatic rings. The number of phenolic OH excluding ortho intramolecular Hbond substituents is 1. The Balaban J connectivity index is 2.42. The number of rotatable bonds is 5. The van der Waals surface area contributed by atoms with E-state index in [1.54, 1.807) is 6.92 Å². The van der Waals surface area contributed by atoms with Gasteiger partial charge in [0.25, 0.3) is 0 Å². The first kappa shape index (κ1) is 14.6. The number of carbonyl (C=O) groups excluding carboxylic acids is 2. The van der Waals surface area contributed by atoms with Crippen LogP contribution in [0.1, 0.15) is 6.92 Å². The number of aromatic hydroxyl groups is 1. The third-order valence-electron chi connectivity index (χ3n) is 2.12. The Labute approximate surface area is 110 Å². The fraction of sp³-hybridized carbons (Fsp3) is 0.231. The van der Waals surface area contributed by atoms with Gasteiger partial charge >= 0.3 is 11.9 Å². The van der Waals surface area contributed by atoms with Gasteiger partial charge in [-0.3, -0.25) is 0 Å². The molecule has 0 aliphatic carbocycles. The summed E-state index contributed by atoms with van der Waals surface area (Å²) in [4.78, 5) is 22.4. The molecule has 0 bridgehead atoms. The summed E-state index contributed by atoms with van der Waals surface area (Å²) in [5, 5.41) is 11.8. The molecule has 0 aliphatic heterocycles. The number of hydrogen-bond donors (Lipinski definition) is 2. The van der Waals surface area contributed by atoms with Crippen LogP contribution in [0.3, 0.4) is 0 Å². The lowest BCUT2D eigenvalue weighted by molar-refractivity contribution is -0.135. The molecule has 6 nitrogen and oxygen atoms in total. The van der Waals surface area contributed by atoms with Crippen LogP contribution in [0.25, 0.3) is 0 Å².